The molecule has 3 aromatic carbocycles. The van der Waals surface area contributed by atoms with Crippen LogP contribution in [-0.4, -0.2) is 15.7 Å². The first-order chi connectivity index (χ1) is 15.1. The second kappa shape index (κ2) is 9.21. The third-order valence-electron chi connectivity index (χ3n) is 4.81. The van der Waals surface area contributed by atoms with E-state index in [0.29, 0.717) is 12.0 Å². The molecular weight excluding hydrogens is 397 g/mol. The summed E-state index contributed by atoms with van der Waals surface area (Å²) in [5, 5.41) is 7.05. The predicted octanol–water partition coefficient (Wildman–Crippen LogP) is 3.74. The van der Waals surface area contributed by atoms with Gasteiger partial charge in [-0.3, -0.25) is 4.79 Å². The molecule has 1 heterocycles. The Labute approximate surface area is 178 Å². The molecule has 0 aliphatic rings. The molecule has 0 bridgehead atoms. The van der Waals surface area contributed by atoms with Crippen molar-refractivity contribution in [3.63, 3.8) is 0 Å². The second-order valence-electron chi connectivity index (χ2n) is 7.06. The summed E-state index contributed by atoms with van der Waals surface area (Å²) in [5.74, 6) is -1.50. The Morgan fingerprint density at radius 2 is 1.61 bits per heavy atom. The minimum atomic E-state index is -0.756. The van der Waals surface area contributed by atoms with E-state index in [-0.39, 0.29) is 24.4 Å². The first-order valence-electron chi connectivity index (χ1n) is 9.80. The van der Waals surface area contributed by atoms with E-state index in [1.54, 1.807) is 0 Å². The number of aromatic nitrogens is 2. The average Bonchev–Trinajstić information content (AvgIpc) is 3.15. The van der Waals surface area contributed by atoms with Gasteiger partial charge in [0.05, 0.1) is 6.04 Å². The summed E-state index contributed by atoms with van der Waals surface area (Å²) in [6.07, 6.45) is 0.602. The first kappa shape index (κ1) is 20.3. The molecule has 0 aliphatic heterocycles. The number of carbonyl (C=O) groups excluding carboxylic acids is 1. The molecule has 0 radical (unpaired) electrons. The Bertz CT molecular complexity index is 1200. The van der Waals surface area contributed by atoms with E-state index in [1.165, 1.54) is 24.3 Å². The van der Waals surface area contributed by atoms with Crippen molar-refractivity contribution in [2.24, 2.45) is 0 Å². The standard InChI is InChI=1S/C24H20FN3O3/c25-20-13-11-19(12-14-20)23-27-28(24(30)31-23)16-22(29)26-21(18-9-5-2-6-10-18)15-17-7-3-1-4-8-17/h1-14,21H,15-16H2,(H,26,29). The van der Waals surface area contributed by atoms with Crippen LogP contribution >= 0.6 is 0 Å². The van der Waals surface area contributed by atoms with Gasteiger partial charge in [0, 0.05) is 5.56 Å². The topological polar surface area (TPSA) is 77.1 Å². The van der Waals surface area contributed by atoms with Gasteiger partial charge >= 0.3 is 5.76 Å². The number of amides is 1. The summed E-state index contributed by atoms with van der Waals surface area (Å²) in [6, 6.07) is 24.6. The summed E-state index contributed by atoms with van der Waals surface area (Å²) in [4.78, 5) is 24.9. The van der Waals surface area contributed by atoms with Gasteiger partial charge < -0.3 is 9.73 Å². The van der Waals surface area contributed by atoms with Crippen LogP contribution in [0.2, 0.25) is 0 Å². The molecule has 1 amide bonds. The zero-order chi connectivity index (χ0) is 21.6. The van der Waals surface area contributed by atoms with E-state index in [0.717, 1.165) is 15.8 Å². The molecule has 1 N–H and O–H groups in total. The fourth-order valence-corrected chi connectivity index (χ4v) is 3.28. The Morgan fingerprint density at radius 3 is 2.29 bits per heavy atom. The molecule has 156 valence electrons. The van der Waals surface area contributed by atoms with E-state index in [4.69, 9.17) is 4.42 Å². The molecule has 4 rings (SSSR count). The molecule has 6 nitrogen and oxygen atoms in total. The number of rotatable bonds is 7. The molecule has 0 spiro atoms. The minimum Gasteiger partial charge on any atom is -0.388 e. The molecule has 1 unspecified atom stereocenters. The van der Waals surface area contributed by atoms with Crippen LogP contribution in [0.4, 0.5) is 4.39 Å². The highest BCUT2D eigenvalue weighted by atomic mass is 19.1. The number of carbonyl (C=O) groups is 1. The van der Waals surface area contributed by atoms with Crippen molar-refractivity contribution in [1.29, 1.82) is 0 Å². The SMILES string of the molecule is O=C(Cn1nc(-c2ccc(F)cc2)oc1=O)NC(Cc1ccccc1)c1ccccc1. The van der Waals surface area contributed by atoms with Gasteiger partial charge in [0.25, 0.3) is 0 Å². The third kappa shape index (κ3) is 5.14. The zero-order valence-corrected chi connectivity index (χ0v) is 16.6. The molecule has 7 heteroatoms. The van der Waals surface area contributed by atoms with Gasteiger partial charge in [0.1, 0.15) is 12.4 Å². The van der Waals surface area contributed by atoms with Crippen molar-refractivity contribution >= 4 is 5.91 Å². The number of nitrogens with zero attached hydrogens (tertiary/aromatic N) is 2. The van der Waals surface area contributed by atoms with Gasteiger partial charge in [-0.25, -0.2) is 9.18 Å². The number of hydrogen-bond donors (Lipinski definition) is 1. The second-order valence-corrected chi connectivity index (χ2v) is 7.06. The summed E-state index contributed by atoms with van der Waals surface area (Å²) in [7, 11) is 0. The van der Waals surface area contributed by atoms with Crippen LogP contribution in [0.5, 0.6) is 0 Å². The maximum Gasteiger partial charge on any atom is 0.437 e. The van der Waals surface area contributed by atoms with Gasteiger partial charge in [-0.15, -0.1) is 5.10 Å². The molecule has 1 aromatic heterocycles. The lowest BCUT2D eigenvalue weighted by atomic mass is 9.99. The quantitative estimate of drug-likeness (QED) is 0.497. The molecule has 1 atom stereocenters. The molecular formula is C24H20FN3O3. The molecule has 0 saturated heterocycles. The van der Waals surface area contributed by atoms with Crippen LogP contribution in [-0.2, 0) is 17.8 Å². The Morgan fingerprint density at radius 1 is 0.968 bits per heavy atom. The highest BCUT2D eigenvalue weighted by Gasteiger charge is 2.18. The van der Waals surface area contributed by atoms with Crippen molar-refractivity contribution in [2.75, 3.05) is 0 Å². The number of nitrogens with one attached hydrogen (secondary N) is 1. The lowest BCUT2D eigenvalue weighted by Crippen LogP contribution is -2.35. The van der Waals surface area contributed by atoms with E-state index in [1.807, 2.05) is 60.7 Å². The van der Waals surface area contributed by atoms with Gasteiger partial charge in [-0.2, -0.15) is 4.68 Å². The molecule has 31 heavy (non-hydrogen) atoms. The van der Waals surface area contributed by atoms with Gasteiger partial charge in [0.15, 0.2) is 0 Å². The monoisotopic (exact) mass is 417 g/mol. The van der Waals surface area contributed by atoms with Crippen molar-refractivity contribution in [3.05, 3.63) is 112 Å². The first-order valence-corrected chi connectivity index (χ1v) is 9.80. The van der Waals surface area contributed by atoms with Crippen molar-refractivity contribution in [1.82, 2.24) is 15.1 Å². The molecule has 4 aromatic rings. The van der Waals surface area contributed by atoms with Crippen molar-refractivity contribution < 1.29 is 13.6 Å². The van der Waals surface area contributed by atoms with Crippen LogP contribution in [0.25, 0.3) is 11.5 Å². The van der Waals surface area contributed by atoms with Crippen LogP contribution < -0.4 is 11.1 Å². The summed E-state index contributed by atoms with van der Waals surface area (Å²) >= 11 is 0. The smallest absolute Gasteiger partial charge is 0.388 e. The van der Waals surface area contributed by atoms with Crippen LogP contribution in [0.3, 0.4) is 0 Å². The summed E-state index contributed by atoms with van der Waals surface area (Å²) in [6.45, 7) is -0.290. The lowest BCUT2D eigenvalue weighted by Gasteiger charge is -2.19. The fourth-order valence-electron chi connectivity index (χ4n) is 3.28. The Balaban J connectivity index is 1.50. The largest absolute Gasteiger partial charge is 0.437 e. The van der Waals surface area contributed by atoms with Crippen molar-refractivity contribution in [2.45, 2.75) is 19.0 Å². The van der Waals surface area contributed by atoms with E-state index < -0.39 is 11.6 Å². The molecule has 0 aliphatic carbocycles. The van der Waals surface area contributed by atoms with Gasteiger partial charge in [-0.1, -0.05) is 60.7 Å². The summed E-state index contributed by atoms with van der Waals surface area (Å²) in [5.41, 5.74) is 2.48. The predicted molar refractivity (Wildman–Crippen MR) is 114 cm³/mol. The number of hydrogen-bond acceptors (Lipinski definition) is 4. The minimum absolute atomic E-state index is 0.0293. The fraction of sp³-hybridized carbons (Fsp3) is 0.125. The number of halogens is 1. The number of benzene rings is 3. The maximum atomic E-state index is 13.1. The van der Waals surface area contributed by atoms with Crippen LogP contribution in [0.15, 0.2) is 94.1 Å². The molecule has 0 fully saturated rings. The van der Waals surface area contributed by atoms with E-state index in [9.17, 15) is 14.0 Å². The Kier molecular flexibility index (Phi) is 6.03. The average molecular weight is 417 g/mol. The lowest BCUT2D eigenvalue weighted by molar-refractivity contribution is -0.122. The van der Waals surface area contributed by atoms with Crippen molar-refractivity contribution in [3.8, 4) is 11.5 Å². The third-order valence-corrected chi connectivity index (χ3v) is 4.81. The summed E-state index contributed by atoms with van der Waals surface area (Å²) < 4.78 is 19.2. The highest BCUT2D eigenvalue weighted by Crippen LogP contribution is 2.19. The molecule has 0 saturated carbocycles. The zero-order valence-electron chi connectivity index (χ0n) is 16.6. The van der Waals surface area contributed by atoms with Crippen LogP contribution in [0, 0.1) is 5.82 Å². The maximum absolute atomic E-state index is 13.1. The normalized spacial score (nSPS) is 11.8. The van der Waals surface area contributed by atoms with Gasteiger partial charge in [0.2, 0.25) is 11.8 Å². The Hall–Kier alpha value is -4.00. The highest BCUT2D eigenvalue weighted by molar-refractivity contribution is 5.76. The van der Waals surface area contributed by atoms with E-state index >= 15 is 0 Å². The van der Waals surface area contributed by atoms with Crippen LogP contribution in [0.1, 0.15) is 17.2 Å². The van der Waals surface area contributed by atoms with Gasteiger partial charge in [-0.05, 0) is 41.8 Å². The van der Waals surface area contributed by atoms with E-state index in [2.05, 4.69) is 10.4 Å².